The van der Waals surface area contributed by atoms with Crippen molar-refractivity contribution in [1.82, 2.24) is 4.90 Å². The summed E-state index contributed by atoms with van der Waals surface area (Å²) in [5, 5.41) is 11.6. The monoisotopic (exact) mass is 359 g/mol. The molecule has 2 N–H and O–H groups in total. The number of benzene rings is 1. The number of carboxylic acids is 1. The van der Waals surface area contributed by atoms with Crippen LogP contribution in [0.2, 0.25) is 0 Å². The van der Waals surface area contributed by atoms with E-state index in [1.165, 1.54) is 0 Å². The molecule has 2 atom stereocenters. The Morgan fingerprint density at radius 3 is 2.40 bits per heavy atom. The van der Waals surface area contributed by atoms with Crippen LogP contribution in [0.3, 0.4) is 0 Å². The minimum atomic E-state index is -4.67. The molecule has 1 saturated heterocycles. The smallest absolute Gasteiger partial charge is 0.394 e. The van der Waals surface area contributed by atoms with E-state index in [0.717, 1.165) is 16.2 Å². The third-order valence-corrected chi connectivity index (χ3v) is 4.37. The predicted octanol–water partition coefficient (Wildman–Crippen LogP) is 2.79. The Bertz CT molecular complexity index is 676. The molecule has 0 saturated carbocycles. The zero-order chi connectivity index (χ0) is 18.9. The van der Waals surface area contributed by atoms with Gasteiger partial charge in [0, 0.05) is 38.6 Å². The van der Waals surface area contributed by atoms with Crippen LogP contribution in [0.5, 0.6) is 0 Å². The molecular formula is C16H20F3N3O3. The first kappa shape index (κ1) is 18.9. The summed E-state index contributed by atoms with van der Waals surface area (Å²) < 4.78 is 39.0. The minimum absolute atomic E-state index is 0.471. The third-order valence-electron chi connectivity index (χ3n) is 4.37. The molecule has 138 valence electrons. The first-order chi connectivity index (χ1) is 11.5. The molecule has 1 aromatic carbocycles. The van der Waals surface area contributed by atoms with E-state index in [1.807, 2.05) is 25.1 Å². The number of aliphatic carboxylic acids is 1. The van der Waals surface area contributed by atoms with Crippen LogP contribution < -0.4 is 10.2 Å². The van der Waals surface area contributed by atoms with E-state index in [2.05, 4.69) is 5.32 Å². The second-order valence-corrected chi connectivity index (χ2v) is 6.27. The Balaban J connectivity index is 2.17. The van der Waals surface area contributed by atoms with E-state index in [4.69, 9.17) is 5.11 Å². The summed E-state index contributed by atoms with van der Waals surface area (Å²) in [5.74, 6) is -5.27. The van der Waals surface area contributed by atoms with Crippen molar-refractivity contribution in [2.45, 2.75) is 13.1 Å². The van der Waals surface area contributed by atoms with Gasteiger partial charge in [-0.2, -0.15) is 13.2 Å². The number of anilines is 2. The van der Waals surface area contributed by atoms with Crippen molar-refractivity contribution in [3.8, 4) is 0 Å². The Kier molecular flexibility index (Phi) is 5.15. The Morgan fingerprint density at radius 2 is 1.92 bits per heavy atom. The van der Waals surface area contributed by atoms with Gasteiger partial charge in [-0.3, -0.25) is 4.79 Å². The number of alkyl halides is 3. The molecule has 2 amide bonds. The number of amides is 2. The van der Waals surface area contributed by atoms with Gasteiger partial charge < -0.3 is 20.2 Å². The number of nitrogens with zero attached hydrogens (tertiary/aromatic N) is 2. The van der Waals surface area contributed by atoms with E-state index < -0.39 is 43.1 Å². The lowest BCUT2D eigenvalue weighted by Crippen LogP contribution is -2.35. The van der Waals surface area contributed by atoms with Crippen molar-refractivity contribution in [3.63, 3.8) is 0 Å². The van der Waals surface area contributed by atoms with Crippen molar-refractivity contribution in [2.24, 2.45) is 11.8 Å². The largest absolute Gasteiger partial charge is 0.481 e. The molecule has 0 radical (unpaired) electrons. The highest BCUT2D eigenvalue weighted by Gasteiger charge is 2.53. The molecule has 0 aromatic heterocycles. The average Bonchev–Trinajstić information content (AvgIpc) is 2.94. The van der Waals surface area contributed by atoms with Crippen LogP contribution in [-0.4, -0.2) is 55.4 Å². The zero-order valence-corrected chi connectivity index (χ0v) is 14.1. The Hall–Kier alpha value is -2.45. The van der Waals surface area contributed by atoms with Crippen LogP contribution in [-0.2, 0) is 4.79 Å². The van der Waals surface area contributed by atoms with Gasteiger partial charge in [0.1, 0.15) is 0 Å². The van der Waals surface area contributed by atoms with Gasteiger partial charge in [-0.15, -0.1) is 0 Å². The van der Waals surface area contributed by atoms with E-state index in [1.54, 1.807) is 19.1 Å². The number of carboxylic acid groups (broad SMARTS) is 1. The number of hydrogen-bond donors (Lipinski definition) is 2. The molecular weight excluding hydrogens is 339 g/mol. The van der Waals surface area contributed by atoms with Crippen molar-refractivity contribution in [2.75, 3.05) is 37.4 Å². The summed E-state index contributed by atoms with van der Waals surface area (Å²) in [6.07, 6.45) is -4.67. The fraction of sp³-hybridized carbons (Fsp3) is 0.500. The molecule has 0 unspecified atom stereocenters. The van der Waals surface area contributed by atoms with Crippen molar-refractivity contribution < 1.29 is 27.9 Å². The van der Waals surface area contributed by atoms with E-state index in [9.17, 15) is 22.8 Å². The maximum atomic E-state index is 13.0. The summed E-state index contributed by atoms with van der Waals surface area (Å²) >= 11 is 0. The molecule has 1 aromatic rings. The Morgan fingerprint density at radius 1 is 1.28 bits per heavy atom. The predicted molar refractivity (Wildman–Crippen MR) is 86.8 cm³/mol. The molecule has 6 nitrogen and oxygen atoms in total. The second kappa shape index (κ2) is 6.81. The highest BCUT2D eigenvalue weighted by molar-refractivity contribution is 5.92. The molecule has 1 aliphatic rings. The van der Waals surface area contributed by atoms with Gasteiger partial charge in [0.05, 0.1) is 11.8 Å². The first-order valence-corrected chi connectivity index (χ1v) is 7.64. The van der Waals surface area contributed by atoms with Crippen molar-refractivity contribution in [1.29, 1.82) is 0 Å². The maximum Gasteiger partial charge on any atom is 0.394 e. The molecule has 9 heteroatoms. The van der Waals surface area contributed by atoms with E-state index in [-0.39, 0.29) is 0 Å². The second-order valence-electron chi connectivity index (χ2n) is 6.27. The van der Waals surface area contributed by atoms with Gasteiger partial charge in [0.25, 0.3) is 0 Å². The lowest BCUT2D eigenvalue weighted by atomic mass is 9.96. The van der Waals surface area contributed by atoms with Crippen molar-refractivity contribution in [3.05, 3.63) is 23.8 Å². The van der Waals surface area contributed by atoms with Gasteiger partial charge in [0.2, 0.25) is 0 Å². The average molecular weight is 359 g/mol. The van der Waals surface area contributed by atoms with Gasteiger partial charge >= 0.3 is 18.2 Å². The summed E-state index contributed by atoms with van der Waals surface area (Å²) in [5.41, 5.74) is 2.09. The number of carbonyl (C=O) groups is 2. The van der Waals surface area contributed by atoms with Crippen LogP contribution in [0.15, 0.2) is 18.2 Å². The van der Waals surface area contributed by atoms with Crippen LogP contribution in [0, 0.1) is 18.8 Å². The zero-order valence-electron chi connectivity index (χ0n) is 14.1. The molecule has 2 rings (SSSR count). The number of rotatable bonds is 3. The number of halogens is 3. The summed E-state index contributed by atoms with van der Waals surface area (Å²) in [6, 6.07) is 4.48. The van der Waals surface area contributed by atoms with Crippen LogP contribution in [0.4, 0.5) is 29.3 Å². The fourth-order valence-electron chi connectivity index (χ4n) is 2.99. The maximum absolute atomic E-state index is 13.0. The number of nitrogens with one attached hydrogen (secondary N) is 1. The number of hydrogen-bond acceptors (Lipinski definition) is 3. The van der Waals surface area contributed by atoms with Gasteiger partial charge in [-0.05, 0) is 24.6 Å². The van der Waals surface area contributed by atoms with Gasteiger partial charge in [-0.1, -0.05) is 6.07 Å². The highest BCUT2D eigenvalue weighted by atomic mass is 19.4. The van der Waals surface area contributed by atoms with Gasteiger partial charge in [-0.25, -0.2) is 4.79 Å². The quantitative estimate of drug-likeness (QED) is 0.871. The lowest BCUT2D eigenvalue weighted by molar-refractivity contribution is -0.187. The number of carbonyl (C=O) groups excluding carboxylic acids is 1. The third kappa shape index (κ3) is 3.97. The van der Waals surface area contributed by atoms with Crippen LogP contribution >= 0.6 is 0 Å². The van der Waals surface area contributed by atoms with E-state index in [0.29, 0.717) is 5.69 Å². The summed E-state index contributed by atoms with van der Waals surface area (Å²) in [6.45, 7) is 0.643. The lowest BCUT2D eigenvalue weighted by Gasteiger charge is -2.21. The topological polar surface area (TPSA) is 72.9 Å². The van der Waals surface area contributed by atoms with Crippen LogP contribution in [0.25, 0.3) is 0 Å². The minimum Gasteiger partial charge on any atom is -0.481 e. The molecule has 1 heterocycles. The van der Waals surface area contributed by atoms with Crippen molar-refractivity contribution >= 4 is 23.4 Å². The summed E-state index contributed by atoms with van der Waals surface area (Å²) in [4.78, 5) is 26.2. The highest BCUT2D eigenvalue weighted by Crippen LogP contribution is 2.38. The first-order valence-electron chi connectivity index (χ1n) is 7.64. The SMILES string of the molecule is Cc1c(NC(=O)N2C[C@@H](C(F)(F)F)[C@H](C(=O)O)C2)cccc1N(C)C. The molecule has 1 fully saturated rings. The standard InChI is InChI=1S/C16H20F3N3O3/c1-9-12(5-4-6-13(9)21(2)3)20-15(25)22-7-10(14(23)24)11(8-22)16(17,18)19/h4-6,10-11H,7-8H2,1-3H3,(H,20,25)(H,23,24)/t10-,11-/m1/s1. The molecule has 25 heavy (non-hydrogen) atoms. The van der Waals surface area contributed by atoms with Crippen LogP contribution in [0.1, 0.15) is 5.56 Å². The summed E-state index contributed by atoms with van der Waals surface area (Å²) in [7, 11) is 3.67. The van der Waals surface area contributed by atoms with Gasteiger partial charge in [0.15, 0.2) is 0 Å². The molecule has 0 spiro atoms. The fourth-order valence-corrected chi connectivity index (χ4v) is 2.99. The normalized spacial score (nSPS) is 20.5. The number of likely N-dealkylation sites (tertiary alicyclic amines) is 1. The number of urea groups is 1. The molecule has 1 aliphatic heterocycles. The molecule has 0 aliphatic carbocycles. The molecule has 0 bridgehead atoms. The Labute approximate surface area is 143 Å². The van der Waals surface area contributed by atoms with E-state index >= 15 is 0 Å².